The molecule has 0 aromatic heterocycles. The fraction of sp³-hybridized carbons (Fsp3) is 0.500. The summed E-state index contributed by atoms with van der Waals surface area (Å²) in [6.45, 7) is 7.09. The maximum Gasteiger partial charge on any atom is 0.254 e. The normalized spacial score (nSPS) is 23.1. The molecule has 2 aliphatic heterocycles. The van der Waals surface area contributed by atoms with Crippen molar-refractivity contribution in [1.29, 1.82) is 0 Å². The highest BCUT2D eigenvalue weighted by atomic mass is 16.5. The molecule has 0 aliphatic carbocycles. The fourth-order valence-corrected chi connectivity index (χ4v) is 3.94. The van der Waals surface area contributed by atoms with Crippen LogP contribution in [0.4, 0.5) is 5.69 Å². The van der Waals surface area contributed by atoms with Gasteiger partial charge in [-0.25, -0.2) is 0 Å². The lowest BCUT2D eigenvalue weighted by Crippen LogP contribution is -2.50. The fourth-order valence-electron chi connectivity index (χ4n) is 3.94. The molecule has 3 rings (SSSR count). The van der Waals surface area contributed by atoms with Gasteiger partial charge in [0.05, 0.1) is 12.1 Å². The van der Waals surface area contributed by atoms with Crippen LogP contribution in [-0.4, -0.2) is 49.1 Å². The monoisotopic (exact) mass is 342 g/mol. The van der Waals surface area contributed by atoms with Crippen molar-refractivity contribution in [3.05, 3.63) is 42.0 Å². The number of nitrogens with zero attached hydrogens (tertiary/aromatic N) is 2. The molecule has 1 aromatic carbocycles. The highest BCUT2D eigenvalue weighted by molar-refractivity contribution is 6.02. The van der Waals surface area contributed by atoms with Crippen molar-refractivity contribution in [2.45, 2.75) is 44.8 Å². The van der Waals surface area contributed by atoms with Crippen LogP contribution in [0.3, 0.4) is 0 Å². The number of methoxy groups -OCH3 is 1. The lowest BCUT2D eigenvalue weighted by atomic mass is 9.96. The summed E-state index contributed by atoms with van der Waals surface area (Å²) in [7, 11) is 1.71. The van der Waals surface area contributed by atoms with Crippen LogP contribution in [0.25, 0.3) is 0 Å². The molecule has 0 radical (unpaired) electrons. The van der Waals surface area contributed by atoms with E-state index in [1.807, 2.05) is 30.0 Å². The van der Waals surface area contributed by atoms with E-state index in [9.17, 15) is 9.59 Å². The van der Waals surface area contributed by atoms with Crippen LogP contribution >= 0.6 is 0 Å². The molecule has 5 heteroatoms. The number of ether oxygens (including phenoxy) is 1. The van der Waals surface area contributed by atoms with Crippen LogP contribution in [-0.2, 0) is 16.0 Å². The van der Waals surface area contributed by atoms with Crippen molar-refractivity contribution in [3.8, 4) is 0 Å². The van der Waals surface area contributed by atoms with E-state index < -0.39 is 0 Å². The molecule has 2 aliphatic rings. The predicted molar refractivity (Wildman–Crippen MR) is 97.8 cm³/mol. The molecule has 1 aromatic rings. The van der Waals surface area contributed by atoms with Gasteiger partial charge in [0.15, 0.2) is 0 Å². The van der Waals surface area contributed by atoms with Gasteiger partial charge < -0.3 is 14.5 Å². The molecule has 0 bridgehead atoms. The van der Waals surface area contributed by atoms with E-state index in [1.54, 1.807) is 12.0 Å². The molecule has 2 heterocycles. The first-order chi connectivity index (χ1) is 12.1. The van der Waals surface area contributed by atoms with Crippen molar-refractivity contribution in [3.63, 3.8) is 0 Å². The summed E-state index contributed by atoms with van der Waals surface area (Å²) in [5.41, 5.74) is 2.64. The summed E-state index contributed by atoms with van der Waals surface area (Å²) in [6, 6.07) is 5.74. The van der Waals surface area contributed by atoms with E-state index in [4.69, 9.17) is 4.74 Å². The number of rotatable bonds is 3. The van der Waals surface area contributed by atoms with Crippen LogP contribution in [0.2, 0.25) is 0 Å². The lowest BCUT2D eigenvalue weighted by Gasteiger charge is -2.39. The van der Waals surface area contributed by atoms with E-state index >= 15 is 0 Å². The molecule has 2 atom stereocenters. The van der Waals surface area contributed by atoms with Gasteiger partial charge in [-0.05, 0) is 62.4 Å². The topological polar surface area (TPSA) is 49.9 Å². The largest absolute Gasteiger partial charge is 0.379 e. The molecule has 1 fully saturated rings. The Hall–Kier alpha value is -2.14. The van der Waals surface area contributed by atoms with E-state index in [-0.39, 0.29) is 24.0 Å². The van der Waals surface area contributed by atoms with Crippen LogP contribution in [0.15, 0.2) is 30.9 Å². The van der Waals surface area contributed by atoms with Crippen LogP contribution < -0.4 is 4.90 Å². The minimum atomic E-state index is -0.0902. The third kappa shape index (κ3) is 3.33. The Morgan fingerprint density at radius 2 is 2.08 bits per heavy atom. The van der Waals surface area contributed by atoms with Crippen LogP contribution in [0.1, 0.15) is 42.1 Å². The second-order valence-corrected chi connectivity index (χ2v) is 6.80. The number of hydrogen-bond acceptors (Lipinski definition) is 3. The smallest absolute Gasteiger partial charge is 0.254 e. The maximum atomic E-state index is 13.0. The molecule has 0 saturated carbocycles. The molecular weight excluding hydrogens is 316 g/mol. The SMILES string of the molecule is C=CC(=O)N1CCCc2cc(C(=O)N3CCC[C@@H](OC)[C@H]3C)ccc21. The highest BCUT2D eigenvalue weighted by Crippen LogP contribution is 2.30. The van der Waals surface area contributed by atoms with E-state index in [0.717, 1.165) is 43.5 Å². The van der Waals surface area contributed by atoms with Gasteiger partial charge in [0.1, 0.15) is 0 Å². The maximum absolute atomic E-state index is 13.0. The Kier molecular flexibility index (Phi) is 5.23. The number of anilines is 1. The summed E-state index contributed by atoms with van der Waals surface area (Å²) in [4.78, 5) is 28.7. The quantitative estimate of drug-likeness (QED) is 0.794. The van der Waals surface area contributed by atoms with E-state index in [1.165, 1.54) is 6.08 Å². The molecule has 0 unspecified atom stereocenters. The molecule has 134 valence electrons. The van der Waals surface area contributed by atoms with Gasteiger partial charge >= 0.3 is 0 Å². The molecule has 5 nitrogen and oxygen atoms in total. The number of likely N-dealkylation sites (tertiary alicyclic amines) is 1. The van der Waals surface area contributed by atoms with Crippen molar-refractivity contribution < 1.29 is 14.3 Å². The number of amides is 2. The minimum absolute atomic E-state index is 0.0456. The number of hydrogen-bond donors (Lipinski definition) is 0. The van der Waals surface area contributed by atoms with Crippen molar-refractivity contribution in [2.24, 2.45) is 0 Å². The first kappa shape index (κ1) is 17.7. The number of fused-ring (bicyclic) bond motifs is 1. The number of aryl methyl sites for hydroxylation is 1. The predicted octanol–water partition coefficient (Wildman–Crippen LogP) is 2.79. The molecular formula is C20H26N2O3. The second kappa shape index (κ2) is 7.40. The summed E-state index contributed by atoms with van der Waals surface area (Å²) in [6.07, 6.45) is 5.17. The number of piperidine rings is 1. The number of carbonyl (C=O) groups excluding carboxylic acids is 2. The van der Waals surface area contributed by atoms with Crippen molar-refractivity contribution in [2.75, 3.05) is 25.1 Å². The zero-order valence-corrected chi connectivity index (χ0v) is 15.0. The average molecular weight is 342 g/mol. The van der Waals surface area contributed by atoms with Gasteiger partial charge in [0.25, 0.3) is 5.91 Å². The van der Waals surface area contributed by atoms with E-state index in [0.29, 0.717) is 12.1 Å². The average Bonchev–Trinajstić information content (AvgIpc) is 2.66. The first-order valence-corrected chi connectivity index (χ1v) is 8.97. The van der Waals surface area contributed by atoms with Gasteiger partial charge in [-0.15, -0.1) is 0 Å². The zero-order valence-electron chi connectivity index (χ0n) is 15.0. The van der Waals surface area contributed by atoms with Crippen molar-refractivity contribution in [1.82, 2.24) is 4.90 Å². The molecule has 0 spiro atoms. The first-order valence-electron chi connectivity index (χ1n) is 8.97. The van der Waals surface area contributed by atoms with E-state index in [2.05, 4.69) is 6.58 Å². The van der Waals surface area contributed by atoms with Crippen LogP contribution in [0, 0.1) is 0 Å². The summed E-state index contributed by atoms with van der Waals surface area (Å²) < 4.78 is 5.52. The Balaban J connectivity index is 1.85. The molecule has 0 N–H and O–H groups in total. The van der Waals surface area contributed by atoms with Gasteiger partial charge in [-0.3, -0.25) is 9.59 Å². The van der Waals surface area contributed by atoms with Gasteiger partial charge in [-0.2, -0.15) is 0 Å². The standard InChI is InChI=1S/C20H26N2O3/c1-4-19(23)22-12-5-7-15-13-16(9-10-17(15)22)20(24)21-11-6-8-18(25-3)14(21)2/h4,9-10,13-14,18H,1,5-8,11-12H2,2-3H3/t14-,18-/m1/s1. The van der Waals surface area contributed by atoms with Gasteiger partial charge in [0, 0.05) is 31.5 Å². The third-order valence-corrected chi connectivity index (χ3v) is 5.37. The zero-order chi connectivity index (χ0) is 18.0. The Morgan fingerprint density at radius 1 is 1.28 bits per heavy atom. The molecule has 25 heavy (non-hydrogen) atoms. The molecule has 1 saturated heterocycles. The number of benzene rings is 1. The Morgan fingerprint density at radius 3 is 2.80 bits per heavy atom. The lowest BCUT2D eigenvalue weighted by molar-refractivity contribution is -0.114. The van der Waals surface area contributed by atoms with Crippen molar-refractivity contribution >= 4 is 17.5 Å². The van der Waals surface area contributed by atoms with Gasteiger partial charge in [-0.1, -0.05) is 6.58 Å². The number of carbonyl (C=O) groups is 2. The minimum Gasteiger partial charge on any atom is -0.379 e. The Bertz CT molecular complexity index is 686. The second-order valence-electron chi connectivity index (χ2n) is 6.80. The summed E-state index contributed by atoms with van der Waals surface area (Å²) >= 11 is 0. The highest BCUT2D eigenvalue weighted by Gasteiger charge is 2.32. The van der Waals surface area contributed by atoms with Crippen LogP contribution in [0.5, 0.6) is 0 Å². The third-order valence-electron chi connectivity index (χ3n) is 5.37. The summed E-state index contributed by atoms with van der Waals surface area (Å²) in [5, 5.41) is 0. The molecule has 2 amide bonds. The van der Waals surface area contributed by atoms with Gasteiger partial charge in [0.2, 0.25) is 5.91 Å². The Labute approximate surface area is 149 Å². The summed E-state index contributed by atoms with van der Waals surface area (Å²) in [5.74, 6) is -0.0446.